The normalized spacial score (nSPS) is 14.4. The van der Waals surface area contributed by atoms with E-state index in [2.05, 4.69) is 11.4 Å². The number of hydrogen-bond donors (Lipinski definition) is 1. The largest absolute Gasteiger partial charge is 0.481 e. The number of benzene rings is 1. The summed E-state index contributed by atoms with van der Waals surface area (Å²) in [6.07, 6.45) is 3.48. The molecule has 1 aliphatic rings. The number of hydrogen-bond acceptors (Lipinski definition) is 4. The van der Waals surface area contributed by atoms with Crippen molar-refractivity contribution >= 4 is 33.8 Å². The molecule has 1 amide bonds. The van der Waals surface area contributed by atoms with Gasteiger partial charge in [0.05, 0.1) is 5.56 Å². The lowest BCUT2D eigenvalue weighted by Gasteiger charge is -2.14. The minimum atomic E-state index is -0.670. The Kier molecular flexibility index (Phi) is 5.08. The van der Waals surface area contributed by atoms with Gasteiger partial charge in [0.2, 0.25) is 0 Å². The minimum absolute atomic E-state index is 0.264. The fourth-order valence-electron chi connectivity index (χ4n) is 2.76. The van der Waals surface area contributed by atoms with E-state index in [1.807, 2.05) is 0 Å². The zero-order valence-electron chi connectivity index (χ0n) is 13.3. The average molecular weight is 361 g/mol. The number of ether oxygens (including phenoxy) is 1. The molecule has 1 aromatic heterocycles. The van der Waals surface area contributed by atoms with Gasteiger partial charge in [-0.2, -0.15) is 5.26 Å². The Morgan fingerprint density at radius 2 is 2.04 bits per heavy atom. The first kappa shape index (κ1) is 16.8. The van der Waals surface area contributed by atoms with Crippen molar-refractivity contribution in [3.8, 4) is 11.8 Å². The van der Waals surface area contributed by atoms with Crippen molar-refractivity contribution in [2.75, 3.05) is 5.32 Å². The Balaban J connectivity index is 1.71. The summed E-state index contributed by atoms with van der Waals surface area (Å²) in [5.41, 5.74) is 1.72. The predicted octanol–water partition coefficient (Wildman–Crippen LogP) is 4.56. The second-order valence-corrected chi connectivity index (χ2v) is 7.27. The minimum Gasteiger partial charge on any atom is -0.481 e. The highest BCUT2D eigenvalue weighted by atomic mass is 35.5. The van der Waals surface area contributed by atoms with Crippen molar-refractivity contribution in [1.29, 1.82) is 5.26 Å². The van der Waals surface area contributed by atoms with Crippen LogP contribution in [0.15, 0.2) is 24.3 Å². The van der Waals surface area contributed by atoms with Gasteiger partial charge in [-0.05, 0) is 62.4 Å². The molecule has 0 bridgehead atoms. The summed E-state index contributed by atoms with van der Waals surface area (Å²) in [5, 5.41) is 13.5. The maximum Gasteiger partial charge on any atom is 0.265 e. The third kappa shape index (κ3) is 3.55. The SMILES string of the molecule is CC(Oc1ccc(Cl)cc1)C(=O)Nc1sc2c(c1C#N)CCCC2. The first-order valence-electron chi connectivity index (χ1n) is 7.86. The molecule has 6 heteroatoms. The summed E-state index contributed by atoms with van der Waals surface area (Å²) in [7, 11) is 0. The molecule has 0 spiro atoms. The molecule has 0 fully saturated rings. The fourth-order valence-corrected chi connectivity index (χ4v) is 4.13. The highest BCUT2D eigenvalue weighted by Gasteiger charge is 2.23. The van der Waals surface area contributed by atoms with E-state index >= 15 is 0 Å². The number of nitrogens with zero attached hydrogens (tertiary/aromatic N) is 1. The lowest BCUT2D eigenvalue weighted by Crippen LogP contribution is -2.30. The Labute approximate surface area is 150 Å². The zero-order chi connectivity index (χ0) is 17.1. The number of amides is 1. The molecule has 1 heterocycles. The standard InChI is InChI=1S/C18H17ClN2O2S/c1-11(23-13-8-6-12(19)7-9-13)17(22)21-18-15(10-20)14-4-2-3-5-16(14)24-18/h6-9,11H,2-5H2,1H3,(H,21,22). The lowest BCUT2D eigenvalue weighted by atomic mass is 9.96. The molecule has 1 N–H and O–H groups in total. The topological polar surface area (TPSA) is 62.1 Å². The van der Waals surface area contributed by atoms with Gasteiger partial charge in [0, 0.05) is 9.90 Å². The number of anilines is 1. The van der Waals surface area contributed by atoms with E-state index in [-0.39, 0.29) is 5.91 Å². The van der Waals surface area contributed by atoms with Gasteiger partial charge in [-0.15, -0.1) is 11.3 Å². The second kappa shape index (κ2) is 7.25. The first-order valence-corrected chi connectivity index (χ1v) is 9.05. The van der Waals surface area contributed by atoms with Gasteiger partial charge in [-0.1, -0.05) is 11.6 Å². The van der Waals surface area contributed by atoms with Crippen LogP contribution in [0.25, 0.3) is 0 Å². The lowest BCUT2D eigenvalue weighted by molar-refractivity contribution is -0.122. The molecule has 0 saturated carbocycles. The van der Waals surface area contributed by atoms with Crippen LogP contribution >= 0.6 is 22.9 Å². The quantitative estimate of drug-likeness (QED) is 0.869. The predicted molar refractivity (Wildman–Crippen MR) is 95.8 cm³/mol. The first-order chi connectivity index (χ1) is 11.6. The van der Waals surface area contributed by atoms with Crippen molar-refractivity contribution < 1.29 is 9.53 Å². The van der Waals surface area contributed by atoms with Crippen LogP contribution in [0.5, 0.6) is 5.75 Å². The Morgan fingerprint density at radius 3 is 2.75 bits per heavy atom. The number of carbonyl (C=O) groups excluding carboxylic acids is 1. The Hall–Kier alpha value is -2.03. The number of fused-ring (bicyclic) bond motifs is 1. The van der Waals surface area contributed by atoms with Gasteiger partial charge >= 0.3 is 0 Å². The number of carbonyl (C=O) groups is 1. The van der Waals surface area contributed by atoms with Gasteiger partial charge in [-0.3, -0.25) is 4.79 Å². The number of halogens is 1. The molecular formula is C18H17ClN2O2S. The van der Waals surface area contributed by atoms with Gasteiger partial charge in [0.25, 0.3) is 5.91 Å². The zero-order valence-corrected chi connectivity index (χ0v) is 14.8. The maximum atomic E-state index is 12.4. The summed E-state index contributed by atoms with van der Waals surface area (Å²) in [4.78, 5) is 13.6. The number of aryl methyl sites for hydroxylation is 1. The molecule has 0 radical (unpaired) electrons. The van der Waals surface area contributed by atoms with E-state index in [0.29, 0.717) is 21.3 Å². The van der Waals surface area contributed by atoms with Crippen molar-refractivity contribution in [1.82, 2.24) is 0 Å². The van der Waals surface area contributed by atoms with E-state index in [1.165, 1.54) is 16.2 Å². The Bertz CT molecular complexity index is 793. The maximum absolute atomic E-state index is 12.4. The monoisotopic (exact) mass is 360 g/mol. The third-order valence-corrected chi connectivity index (χ3v) is 5.47. The van der Waals surface area contributed by atoms with E-state index in [9.17, 15) is 10.1 Å². The molecule has 124 valence electrons. The fraction of sp³-hybridized carbons (Fsp3) is 0.333. The molecule has 1 aromatic carbocycles. The van der Waals surface area contributed by atoms with Gasteiger partial charge < -0.3 is 10.1 Å². The molecule has 0 saturated heterocycles. The van der Waals surface area contributed by atoms with E-state index < -0.39 is 6.10 Å². The summed E-state index contributed by atoms with van der Waals surface area (Å²) in [6, 6.07) is 9.10. The summed E-state index contributed by atoms with van der Waals surface area (Å²) in [5.74, 6) is 0.313. The van der Waals surface area contributed by atoms with Crippen LogP contribution in [-0.4, -0.2) is 12.0 Å². The van der Waals surface area contributed by atoms with Crippen LogP contribution in [0, 0.1) is 11.3 Å². The smallest absolute Gasteiger partial charge is 0.265 e. The number of thiophene rings is 1. The van der Waals surface area contributed by atoms with Crippen molar-refractivity contribution in [3.63, 3.8) is 0 Å². The van der Waals surface area contributed by atoms with Crippen LogP contribution in [0.1, 0.15) is 35.8 Å². The molecule has 1 aliphatic carbocycles. The number of nitriles is 1. The van der Waals surface area contributed by atoms with Gasteiger partial charge in [0.1, 0.15) is 16.8 Å². The molecule has 1 atom stereocenters. The van der Waals surface area contributed by atoms with Crippen LogP contribution in [0.3, 0.4) is 0 Å². The molecule has 0 aliphatic heterocycles. The number of rotatable bonds is 4. The van der Waals surface area contributed by atoms with Gasteiger partial charge in [0.15, 0.2) is 6.10 Å². The molecule has 2 aromatic rings. The summed E-state index contributed by atoms with van der Waals surface area (Å²) in [6.45, 7) is 1.68. The molecule has 24 heavy (non-hydrogen) atoms. The second-order valence-electron chi connectivity index (χ2n) is 5.73. The third-order valence-electron chi connectivity index (χ3n) is 4.02. The van der Waals surface area contributed by atoms with Crippen LogP contribution in [0.4, 0.5) is 5.00 Å². The van der Waals surface area contributed by atoms with Crippen LogP contribution in [-0.2, 0) is 17.6 Å². The molecule has 1 unspecified atom stereocenters. The van der Waals surface area contributed by atoms with Crippen molar-refractivity contribution in [2.24, 2.45) is 0 Å². The van der Waals surface area contributed by atoms with E-state index in [4.69, 9.17) is 16.3 Å². The van der Waals surface area contributed by atoms with Crippen molar-refractivity contribution in [3.05, 3.63) is 45.3 Å². The highest BCUT2D eigenvalue weighted by molar-refractivity contribution is 7.16. The Morgan fingerprint density at radius 1 is 1.33 bits per heavy atom. The average Bonchev–Trinajstić information content (AvgIpc) is 2.93. The van der Waals surface area contributed by atoms with Crippen LogP contribution in [0.2, 0.25) is 5.02 Å². The van der Waals surface area contributed by atoms with Gasteiger partial charge in [-0.25, -0.2) is 0 Å². The summed E-state index contributed by atoms with van der Waals surface area (Å²) >= 11 is 7.35. The molecular weight excluding hydrogens is 344 g/mol. The van der Waals surface area contributed by atoms with Crippen LogP contribution < -0.4 is 10.1 Å². The van der Waals surface area contributed by atoms with E-state index in [1.54, 1.807) is 31.2 Å². The molecule has 3 rings (SSSR count). The van der Waals surface area contributed by atoms with Crippen molar-refractivity contribution in [2.45, 2.75) is 38.7 Å². The number of nitrogens with one attached hydrogen (secondary N) is 1. The molecule has 4 nitrogen and oxygen atoms in total. The highest BCUT2D eigenvalue weighted by Crippen LogP contribution is 2.37. The van der Waals surface area contributed by atoms with E-state index in [0.717, 1.165) is 31.2 Å². The summed E-state index contributed by atoms with van der Waals surface area (Å²) < 4.78 is 5.63.